The van der Waals surface area contributed by atoms with Crippen molar-refractivity contribution in [2.75, 3.05) is 0 Å². The Bertz CT molecular complexity index is 1120. The quantitative estimate of drug-likeness (QED) is 0.334. The number of hydrogen-bond donors (Lipinski definition) is 4. The van der Waals surface area contributed by atoms with Crippen molar-refractivity contribution in [1.82, 2.24) is 0 Å². The van der Waals surface area contributed by atoms with E-state index in [9.17, 15) is 20.1 Å². The lowest BCUT2D eigenvalue weighted by molar-refractivity contribution is -0.221. The number of aliphatic hydroxyl groups excluding tert-OH is 2. The van der Waals surface area contributed by atoms with E-state index in [0.717, 1.165) is 51.4 Å². The van der Waals surface area contributed by atoms with Gasteiger partial charge in [0.1, 0.15) is 12.1 Å². The number of rotatable bonds is 5. The van der Waals surface area contributed by atoms with Crippen LogP contribution in [0.25, 0.3) is 0 Å². The number of esters is 1. The molecule has 13 atom stereocenters. The van der Waals surface area contributed by atoms with Gasteiger partial charge in [-0.3, -0.25) is 4.79 Å². The highest BCUT2D eigenvalue weighted by molar-refractivity contribution is 5.76. The van der Waals surface area contributed by atoms with Crippen molar-refractivity contribution in [1.29, 1.82) is 0 Å². The van der Waals surface area contributed by atoms with E-state index in [1.54, 1.807) is 0 Å². The van der Waals surface area contributed by atoms with Gasteiger partial charge in [-0.2, -0.15) is 0 Å². The summed E-state index contributed by atoms with van der Waals surface area (Å²) in [6.07, 6.45) is 6.64. The topological polar surface area (TPSA) is 122 Å². The van der Waals surface area contributed by atoms with Gasteiger partial charge < -0.3 is 30.5 Å². The number of aliphatic hydroxyl groups is 3. The Morgan fingerprint density at radius 3 is 2.21 bits per heavy atom. The van der Waals surface area contributed by atoms with Gasteiger partial charge in [0.25, 0.3) is 0 Å². The SMILES string of the molecule is CC(C)C(N)C(=O)O[C@H]1CC2C3(CC[C@]4(C)[C@@H](C5(C)CCC(C(C)(C)O)O5)[C@@H](O)C[C@@]24C)CC32CC[C@H](O)C(C)(C)[C@H]12. The summed E-state index contributed by atoms with van der Waals surface area (Å²) < 4.78 is 13.2. The van der Waals surface area contributed by atoms with E-state index < -0.39 is 29.5 Å². The summed E-state index contributed by atoms with van der Waals surface area (Å²) in [4.78, 5) is 13.4. The monoisotopic (exact) mass is 589 g/mol. The van der Waals surface area contributed by atoms with Crippen LogP contribution in [0.3, 0.4) is 0 Å². The molecule has 6 fully saturated rings. The predicted octanol–water partition coefficient (Wildman–Crippen LogP) is 4.97. The van der Waals surface area contributed by atoms with Crippen molar-refractivity contribution in [3.05, 3.63) is 0 Å². The second-order valence-corrected chi connectivity index (χ2v) is 18.1. The van der Waals surface area contributed by atoms with E-state index in [1.807, 2.05) is 27.7 Å². The molecule has 240 valence electrons. The van der Waals surface area contributed by atoms with Gasteiger partial charge in [0.2, 0.25) is 0 Å². The van der Waals surface area contributed by atoms with Crippen molar-refractivity contribution in [2.24, 2.45) is 56.5 Å². The minimum absolute atomic E-state index is 0.0128. The van der Waals surface area contributed by atoms with Gasteiger partial charge in [0, 0.05) is 11.8 Å². The van der Waals surface area contributed by atoms with Crippen LogP contribution in [0.5, 0.6) is 0 Å². The van der Waals surface area contributed by atoms with Gasteiger partial charge in [0.05, 0.1) is 29.5 Å². The molecule has 7 nitrogen and oxygen atoms in total. The zero-order valence-corrected chi connectivity index (χ0v) is 27.7. The maximum atomic E-state index is 13.4. The average Bonchev–Trinajstić information content (AvgIpc) is 3.24. The minimum Gasteiger partial charge on any atom is -0.461 e. The molecule has 0 aromatic heterocycles. The summed E-state index contributed by atoms with van der Waals surface area (Å²) in [6.45, 7) is 18.9. The Morgan fingerprint density at radius 2 is 1.62 bits per heavy atom. The third kappa shape index (κ3) is 3.85. The molecule has 42 heavy (non-hydrogen) atoms. The summed E-state index contributed by atoms with van der Waals surface area (Å²) in [5, 5.41) is 34.0. The van der Waals surface area contributed by atoms with Crippen LogP contribution in [0.1, 0.15) is 120 Å². The molecule has 0 radical (unpaired) electrons. The van der Waals surface area contributed by atoms with Gasteiger partial charge in [-0.15, -0.1) is 0 Å². The van der Waals surface area contributed by atoms with Gasteiger partial charge in [0.15, 0.2) is 0 Å². The number of carbonyl (C=O) groups is 1. The summed E-state index contributed by atoms with van der Waals surface area (Å²) in [6, 6.07) is -0.670. The summed E-state index contributed by atoms with van der Waals surface area (Å²) in [5.74, 6) is 0.0143. The smallest absolute Gasteiger partial charge is 0.323 e. The van der Waals surface area contributed by atoms with E-state index in [-0.39, 0.29) is 63.0 Å². The second-order valence-electron chi connectivity index (χ2n) is 18.1. The summed E-state index contributed by atoms with van der Waals surface area (Å²) >= 11 is 0. The normalized spacial score (nSPS) is 53.5. The van der Waals surface area contributed by atoms with Gasteiger partial charge in [-0.05, 0) is 117 Å². The summed E-state index contributed by atoms with van der Waals surface area (Å²) in [5.41, 5.74) is 4.40. The Balaban J connectivity index is 1.39. The third-order valence-corrected chi connectivity index (χ3v) is 15.0. The van der Waals surface area contributed by atoms with Crippen LogP contribution in [0, 0.1) is 50.7 Å². The molecule has 1 saturated heterocycles. The molecular weight excluding hydrogens is 530 g/mol. The lowest BCUT2D eigenvalue weighted by atomic mass is 9.41. The maximum Gasteiger partial charge on any atom is 0.323 e. The standard InChI is InChI=1S/C35H59NO6/c1-19(2)25(36)28(39)41-21-16-22-32(8)17-20(37)26(33(9)12-11-24(42-33)30(5,6)40)31(32,7)14-15-34(22)18-35(34)13-10-23(38)29(3,4)27(21)35/h19-27,37-38,40H,10-18,36H2,1-9H3/t20-,21-,22?,23-,24?,25?,26-,27-,31+,32-,33?,34?,35?/m0/s1. The largest absolute Gasteiger partial charge is 0.461 e. The first kappa shape index (κ1) is 31.3. The fourth-order valence-electron chi connectivity index (χ4n) is 12.7. The summed E-state index contributed by atoms with van der Waals surface area (Å²) in [7, 11) is 0. The molecule has 5 N–H and O–H groups in total. The third-order valence-electron chi connectivity index (χ3n) is 15.0. The molecule has 5 saturated carbocycles. The van der Waals surface area contributed by atoms with E-state index in [4.69, 9.17) is 15.2 Å². The zero-order valence-electron chi connectivity index (χ0n) is 27.7. The number of hydrogen-bond acceptors (Lipinski definition) is 7. The Labute approximate surface area is 253 Å². The maximum absolute atomic E-state index is 13.4. The molecule has 7 heteroatoms. The predicted molar refractivity (Wildman–Crippen MR) is 161 cm³/mol. The molecule has 2 spiro atoms. The van der Waals surface area contributed by atoms with Gasteiger partial charge in [-0.1, -0.05) is 41.5 Å². The average molecular weight is 590 g/mol. The minimum atomic E-state index is -0.923. The van der Waals surface area contributed by atoms with Crippen molar-refractivity contribution < 1.29 is 29.6 Å². The van der Waals surface area contributed by atoms with Crippen LogP contribution in [-0.2, 0) is 14.3 Å². The van der Waals surface area contributed by atoms with Crippen molar-refractivity contribution in [3.63, 3.8) is 0 Å². The lowest BCUT2D eigenvalue weighted by Crippen LogP contribution is -2.63. The number of carbonyl (C=O) groups excluding carboxylic acids is 1. The van der Waals surface area contributed by atoms with E-state index in [0.29, 0.717) is 12.3 Å². The van der Waals surface area contributed by atoms with Crippen molar-refractivity contribution >= 4 is 5.97 Å². The Morgan fingerprint density at radius 1 is 0.952 bits per heavy atom. The highest BCUT2D eigenvalue weighted by Gasteiger charge is 2.85. The number of fused-ring (bicyclic) bond motifs is 2. The molecule has 1 heterocycles. The van der Waals surface area contributed by atoms with Crippen LogP contribution in [0.15, 0.2) is 0 Å². The number of nitrogens with two attached hydrogens (primary N) is 1. The van der Waals surface area contributed by atoms with Crippen molar-refractivity contribution in [2.45, 2.75) is 162 Å². The molecule has 0 aromatic carbocycles. The van der Waals surface area contributed by atoms with Crippen LogP contribution in [0.4, 0.5) is 0 Å². The molecule has 0 amide bonds. The first-order valence-electron chi connectivity index (χ1n) is 16.9. The molecule has 5 aliphatic carbocycles. The van der Waals surface area contributed by atoms with Gasteiger partial charge in [-0.25, -0.2) is 0 Å². The molecule has 6 rings (SSSR count). The molecule has 1 aliphatic heterocycles. The molecule has 0 aromatic rings. The first-order valence-corrected chi connectivity index (χ1v) is 16.9. The van der Waals surface area contributed by atoms with E-state index in [2.05, 4.69) is 34.6 Å². The fourth-order valence-corrected chi connectivity index (χ4v) is 12.7. The van der Waals surface area contributed by atoms with E-state index in [1.165, 1.54) is 0 Å². The first-order chi connectivity index (χ1) is 19.2. The zero-order chi connectivity index (χ0) is 31.1. The van der Waals surface area contributed by atoms with Crippen LogP contribution < -0.4 is 5.73 Å². The highest BCUT2D eigenvalue weighted by atomic mass is 16.5. The second kappa shape index (κ2) is 9.18. The molecule has 6 unspecified atom stereocenters. The molecular formula is C35H59NO6. The molecule has 0 bridgehead atoms. The van der Waals surface area contributed by atoms with Gasteiger partial charge >= 0.3 is 5.97 Å². The number of ether oxygens (including phenoxy) is 2. The Hall–Kier alpha value is -0.730. The Kier molecular flexibility index (Phi) is 6.83. The highest BCUT2D eigenvalue weighted by Crippen LogP contribution is 2.89. The van der Waals surface area contributed by atoms with Crippen LogP contribution in [-0.4, -0.2) is 62.9 Å². The molecule has 6 aliphatic rings. The fraction of sp³-hybridized carbons (Fsp3) is 0.971. The van der Waals surface area contributed by atoms with Crippen molar-refractivity contribution in [3.8, 4) is 0 Å². The van der Waals surface area contributed by atoms with Crippen LogP contribution >= 0.6 is 0 Å². The van der Waals surface area contributed by atoms with E-state index >= 15 is 0 Å². The van der Waals surface area contributed by atoms with Crippen LogP contribution in [0.2, 0.25) is 0 Å². The lowest BCUT2D eigenvalue weighted by Gasteiger charge is -2.64.